The molecule has 0 radical (unpaired) electrons. The number of amides is 3. The van der Waals surface area contributed by atoms with Crippen molar-refractivity contribution in [2.45, 2.75) is 70.1 Å². The average molecular weight is 614 g/mol. The molecular formula is C31H47N7O6. The number of carbonyl (C=O) groups excluding carboxylic acids is 3. The summed E-state index contributed by atoms with van der Waals surface area (Å²) in [4.78, 5) is 45.4. The molecule has 4 rings (SSSR count). The predicted molar refractivity (Wildman–Crippen MR) is 166 cm³/mol. The monoisotopic (exact) mass is 613 g/mol. The van der Waals surface area contributed by atoms with Gasteiger partial charge in [0.25, 0.3) is 0 Å². The molecule has 2 aliphatic heterocycles. The lowest BCUT2D eigenvalue weighted by Gasteiger charge is -2.53. The van der Waals surface area contributed by atoms with E-state index in [1.165, 1.54) is 11.8 Å². The maximum Gasteiger partial charge on any atom is 0.414 e. The maximum absolute atomic E-state index is 13.3. The molecule has 13 heteroatoms. The summed E-state index contributed by atoms with van der Waals surface area (Å²) in [5.41, 5.74) is 12.6. The molecule has 1 aliphatic carbocycles. The number of fused-ring (bicyclic) bond motifs is 1. The van der Waals surface area contributed by atoms with E-state index in [0.717, 1.165) is 36.3 Å². The van der Waals surface area contributed by atoms with E-state index in [2.05, 4.69) is 47.5 Å². The van der Waals surface area contributed by atoms with E-state index in [-0.39, 0.29) is 42.2 Å². The average Bonchev–Trinajstić information content (AvgIpc) is 3.33. The van der Waals surface area contributed by atoms with E-state index in [1.807, 2.05) is 12.1 Å². The first-order chi connectivity index (χ1) is 20.9. The quantitative estimate of drug-likeness (QED) is 0.163. The smallest absolute Gasteiger partial charge is 0.414 e. The van der Waals surface area contributed by atoms with Gasteiger partial charge in [0.15, 0.2) is 23.6 Å². The molecule has 1 aromatic carbocycles. The van der Waals surface area contributed by atoms with Gasteiger partial charge in [-0.15, -0.1) is 0 Å². The molecule has 3 amide bonds. The summed E-state index contributed by atoms with van der Waals surface area (Å²) in [7, 11) is 5.41. The van der Waals surface area contributed by atoms with Crippen LogP contribution in [0.4, 0.5) is 4.79 Å². The van der Waals surface area contributed by atoms with Gasteiger partial charge in [-0.2, -0.15) is 0 Å². The summed E-state index contributed by atoms with van der Waals surface area (Å²) in [5, 5.41) is 5.45. The molecule has 44 heavy (non-hydrogen) atoms. The first-order valence-corrected chi connectivity index (χ1v) is 15.2. The van der Waals surface area contributed by atoms with Crippen LogP contribution in [0.1, 0.15) is 50.7 Å². The standard InChI is InChI=1S/C31H47N7O6/c1-18-9-11-23(42-6)26-25(18)31-13-16-37(4)19(2)21(31)10-12-24(27(31)44-26)43-30(41)38(5)17-15-34-28(40)22(36-20(3)39)8-7-14-35-29(32)33/h9,11-12,19,21-22,27H,7-8,10,13-17H2,1-6H3,(H,34,40)(H,36,39)(H4,32,33,35). The summed E-state index contributed by atoms with van der Waals surface area (Å²) in [6.45, 7) is 7.31. The van der Waals surface area contributed by atoms with Crippen LogP contribution in [0.3, 0.4) is 0 Å². The second-order valence-electron chi connectivity index (χ2n) is 12.0. The van der Waals surface area contributed by atoms with E-state index in [0.29, 0.717) is 36.9 Å². The third-order valence-electron chi connectivity index (χ3n) is 9.27. The van der Waals surface area contributed by atoms with Crippen LogP contribution in [0.25, 0.3) is 0 Å². The van der Waals surface area contributed by atoms with Gasteiger partial charge in [0.2, 0.25) is 11.8 Å². The number of nitrogens with two attached hydrogens (primary N) is 2. The van der Waals surface area contributed by atoms with Crippen molar-refractivity contribution in [1.29, 1.82) is 0 Å². The minimum absolute atomic E-state index is 0.0285. The van der Waals surface area contributed by atoms with Gasteiger partial charge in [0, 0.05) is 50.6 Å². The Morgan fingerprint density at radius 1 is 1.30 bits per heavy atom. The van der Waals surface area contributed by atoms with Crippen molar-refractivity contribution >= 4 is 23.9 Å². The van der Waals surface area contributed by atoms with Crippen LogP contribution >= 0.6 is 0 Å². The number of hydrogen-bond donors (Lipinski definition) is 4. The van der Waals surface area contributed by atoms with Gasteiger partial charge < -0.3 is 46.1 Å². The van der Waals surface area contributed by atoms with E-state index in [4.69, 9.17) is 25.7 Å². The summed E-state index contributed by atoms with van der Waals surface area (Å²) in [6.07, 6.45) is 3.47. The number of aryl methyl sites for hydroxylation is 1. The number of benzene rings is 1. The normalized spacial score (nSPS) is 24.3. The topological polar surface area (TPSA) is 174 Å². The molecule has 0 saturated carbocycles. The minimum atomic E-state index is -0.742. The van der Waals surface area contributed by atoms with Crippen LogP contribution in [-0.4, -0.2) is 99.2 Å². The third-order valence-corrected chi connectivity index (χ3v) is 9.27. The molecule has 5 unspecified atom stereocenters. The third kappa shape index (κ3) is 6.57. The first-order valence-electron chi connectivity index (χ1n) is 15.2. The Balaban J connectivity index is 1.42. The molecule has 0 aromatic heterocycles. The number of nitrogens with one attached hydrogen (secondary N) is 2. The minimum Gasteiger partial charge on any atom is -0.493 e. The van der Waals surface area contributed by atoms with E-state index in [1.54, 1.807) is 14.2 Å². The summed E-state index contributed by atoms with van der Waals surface area (Å²) >= 11 is 0. The summed E-state index contributed by atoms with van der Waals surface area (Å²) in [6, 6.07) is 3.56. The van der Waals surface area contributed by atoms with Crippen molar-refractivity contribution in [1.82, 2.24) is 20.4 Å². The highest BCUT2D eigenvalue weighted by Gasteiger charge is 2.62. The zero-order valence-electron chi connectivity index (χ0n) is 26.6. The van der Waals surface area contributed by atoms with Crippen molar-refractivity contribution in [3.05, 3.63) is 35.1 Å². The highest BCUT2D eigenvalue weighted by Crippen LogP contribution is 2.61. The number of aliphatic imine (C=N–C) groups is 1. The number of rotatable bonds is 11. The maximum atomic E-state index is 13.3. The Morgan fingerprint density at radius 3 is 2.73 bits per heavy atom. The molecule has 0 bridgehead atoms. The molecule has 6 N–H and O–H groups in total. The van der Waals surface area contributed by atoms with Crippen molar-refractivity contribution in [3.63, 3.8) is 0 Å². The fourth-order valence-electron chi connectivity index (χ4n) is 6.92. The Hall–Kier alpha value is -4.00. The van der Waals surface area contributed by atoms with Crippen molar-refractivity contribution in [2.24, 2.45) is 22.4 Å². The fourth-order valence-corrected chi connectivity index (χ4v) is 6.92. The number of likely N-dealkylation sites (N-methyl/N-ethyl adjacent to an activating group) is 1. The zero-order chi connectivity index (χ0) is 32.2. The number of hydrogen-bond acceptors (Lipinski definition) is 8. The number of methoxy groups -OCH3 is 1. The van der Waals surface area contributed by atoms with Gasteiger partial charge in [-0.3, -0.25) is 14.6 Å². The predicted octanol–water partition coefficient (Wildman–Crippen LogP) is 1.37. The van der Waals surface area contributed by atoms with Crippen LogP contribution in [0, 0.1) is 12.8 Å². The lowest BCUT2D eigenvalue weighted by atomic mass is 9.57. The second kappa shape index (κ2) is 13.7. The van der Waals surface area contributed by atoms with E-state index in [9.17, 15) is 14.4 Å². The second-order valence-corrected chi connectivity index (χ2v) is 12.0. The highest BCUT2D eigenvalue weighted by atomic mass is 16.6. The molecule has 2 heterocycles. The first kappa shape index (κ1) is 32.9. The number of allylic oxidation sites excluding steroid dienone is 1. The number of ether oxygens (including phenoxy) is 3. The van der Waals surface area contributed by atoms with Crippen molar-refractivity contribution in [2.75, 3.05) is 47.4 Å². The zero-order valence-corrected chi connectivity index (χ0v) is 26.6. The van der Waals surface area contributed by atoms with E-state index < -0.39 is 18.2 Å². The lowest BCUT2D eigenvalue weighted by Crippen LogP contribution is -2.60. The Kier molecular flexibility index (Phi) is 10.3. The summed E-state index contributed by atoms with van der Waals surface area (Å²) < 4.78 is 18.4. The number of carbonyl (C=O) groups is 3. The van der Waals surface area contributed by atoms with Gasteiger partial charge in [0.1, 0.15) is 11.8 Å². The SMILES string of the molecule is COc1ccc(C)c2c1OC1C(OC(=O)N(C)CCNC(=O)C(CCCN=C(N)N)NC(C)=O)=CCC3C(C)N(C)CCC213. The van der Waals surface area contributed by atoms with Crippen molar-refractivity contribution in [3.8, 4) is 11.5 Å². The molecular weight excluding hydrogens is 566 g/mol. The summed E-state index contributed by atoms with van der Waals surface area (Å²) in [5.74, 6) is 1.47. The van der Waals surface area contributed by atoms with Gasteiger partial charge in [-0.05, 0) is 76.7 Å². The molecule has 1 aromatic rings. The molecule has 242 valence electrons. The van der Waals surface area contributed by atoms with Crippen LogP contribution in [0.5, 0.6) is 11.5 Å². The van der Waals surface area contributed by atoms with Gasteiger partial charge >= 0.3 is 6.09 Å². The van der Waals surface area contributed by atoms with Crippen LogP contribution in [-0.2, 0) is 19.7 Å². The molecule has 1 spiro atoms. The molecule has 13 nitrogen and oxygen atoms in total. The van der Waals surface area contributed by atoms with E-state index >= 15 is 0 Å². The highest BCUT2D eigenvalue weighted by molar-refractivity contribution is 5.86. The van der Waals surface area contributed by atoms with Gasteiger partial charge in [-0.1, -0.05) is 6.07 Å². The Bertz CT molecular complexity index is 1310. The van der Waals surface area contributed by atoms with Crippen LogP contribution in [0.2, 0.25) is 0 Å². The number of likely N-dealkylation sites (tertiary alicyclic amines) is 1. The van der Waals surface area contributed by atoms with Gasteiger partial charge in [0.05, 0.1) is 7.11 Å². The Labute approximate surface area is 259 Å². The lowest BCUT2D eigenvalue weighted by molar-refractivity contribution is -0.128. The molecule has 5 atom stereocenters. The van der Waals surface area contributed by atoms with Crippen molar-refractivity contribution < 1.29 is 28.6 Å². The molecule has 1 saturated heterocycles. The number of piperidine rings is 1. The van der Waals surface area contributed by atoms with Crippen LogP contribution in [0.15, 0.2) is 29.0 Å². The largest absolute Gasteiger partial charge is 0.493 e. The fraction of sp³-hybridized carbons (Fsp3) is 0.613. The number of guanidine groups is 1. The van der Waals surface area contributed by atoms with Crippen LogP contribution < -0.4 is 31.6 Å². The number of nitrogens with zero attached hydrogens (tertiary/aromatic N) is 3. The molecule has 1 fully saturated rings. The van der Waals surface area contributed by atoms with Gasteiger partial charge in [-0.25, -0.2) is 4.79 Å². The molecule has 3 aliphatic rings. The Morgan fingerprint density at radius 2 is 2.05 bits per heavy atom.